The first-order valence-electron chi connectivity index (χ1n) is 5.74. The summed E-state index contributed by atoms with van der Waals surface area (Å²) < 4.78 is 0. The SMILES string of the molecule is OC(c1cnc2ccccc2n1)C1CCC1. The number of nitrogens with zero attached hydrogens (tertiary/aromatic N) is 2. The minimum atomic E-state index is -0.439. The van der Waals surface area contributed by atoms with E-state index in [0.717, 1.165) is 23.9 Å². The van der Waals surface area contributed by atoms with Gasteiger partial charge in [-0.2, -0.15) is 0 Å². The van der Waals surface area contributed by atoms with Crippen molar-refractivity contribution in [1.29, 1.82) is 0 Å². The van der Waals surface area contributed by atoms with E-state index in [-0.39, 0.29) is 0 Å². The van der Waals surface area contributed by atoms with Crippen molar-refractivity contribution in [2.45, 2.75) is 25.4 Å². The largest absolute Gasteiger partial charge is 0.386 e. The van der Waals surface area contributed by atoms with E-state index in [4.69, 9.17) is 0 Å². The van der Waals surface area contributed by atoms with Gasteiger partial charge in [-0.15, -0.1) is 0 Å². The Morgan fingerprint density at radius 2 is 1.94 bits per heavy atom. The highest BCUT2D eigenvalue weighted by Crippen LogP contribution is 2.36. The first-order chi connectivity index (χ1) is 7.84. The number of hydrogen-bond donors (Lipinski definition) is 1. The molecule has 3 heteroatoms. The lowest BCUT2D eigenvalue weighted by Crippen LogP contribution is -2.21. The molecule has 1 aromatic carbocycles. The fourth-order valence-electron chi connectivity index (χ4n) is 2.11. The molecule has 1 atom stereocenters. The van der Waals surface area contributed by atoms with Crippen molar-refractivity contribution in [2.24, 2.45) is 5.92 Å². The lowest BCUT2D eigenvalue weighted by molar-refractivity contribution is 0.0586. The predicted octanol–water partition coefficient (Wildman–Crippen LogP) is 2.46. The van der Waals surface area contributed by atoms with Crippen LogP contribution in [0.2, 0.25) is 0 Å². The molecule has 0 aliphatic heterocycles. The van der Waals surface area contributed by atoms with Crippen LogP contribution in [-0.4, -0.2) is 15.1 Å². The van der Waals surface area contributed by atoms with Crippen molar-refractivity contribution < 1.29 is 5.11 Å². The van der Waals surface area contributed by atoms with Crippen LogP contribution in [0.3, 0.4) is 0 Å². The van der Waals surface area contributed by atoms with Crippen LogP contribution in [0.5, 0.6) is 0 Å². The first kappa shape index (κ1) is 9.73. The van der Waals surface area contributed by atoms with Crippen molar-refractivity contribution in [1.82, 2.24) is 9.97 Å². The Morgan fingerprint density at radius 3 is 2.62 bits per heavy atom. The minimum absolute atomic E-state index is 0.385. The molecule has 1 heterocycles. The van der Waals surface area contributed by atoms with Gasteiger partial charge in [0.2, 0.25) is 0 Å². The Hall–Kier alpha value is -1.48. The summed E-state index contributed by atoms with van der Waals surface area (Å²) in [6, 6.07) is 7.75. The molecule has 1 fully saturated rings. The molecule has 3 nitrogen and oxygen atoms in total. The predicted molar refractivity (Wildman–Crippen MR) is 61.8 cm³/mol. The maximum Gasteiger partial charge on any atom is 0.100 e. The summed E-state index contributed by atoms with van der Waals surface area (Å²) in [5.41, 5.74) is 2.45. The van der Waals surface area contributed by atoms with E-state index in [1.807, 2.05) is 24.3 Å². The van der Waals surface area contributed by atoms with Crippen molar-refractivity contribution >= 4 is 11.0 Å². The van der Waals surface area contributed by atoms with E-state index in [9.17, 15) is 5.11 Å². The molecule has 82 valence electrons. The van der Waals surface area contributed by atoms with Gasteiger partial charge in [-0.3, -0.25) is 4.98 Å². The van der Waals surface area contributed by atoms with E-state index in [2.05, 4.69) is 9.97 Å². The summed E-state index contributed by atoms with van der Waals surface area (Å²) in [5.74, 6) is 0.385. The second-order valence-electron chi connectivity index (χ2n) is 4.42. The van der Waals surface area contributed by atoms with E-state index in [0.29, 0.717) is 11.6 Å². The Balaban J connectivity index is 1.97. The summed E-state index contributed by atoms with van der Waals surface area (Å²) in [6.45, 7) is 0. The number of rotatable bonds is 2. The molecule has 3 rings (SSSR count). The zero-order chi connectivity index (χ0) is 11.0. The fourth-order valence-corrected chi connectivity index (χ4v) is 2.11. The van der Waals surface area contributed by atoms with Crippen LogP contribution in [0, 0.1) is 5.92 Å². The van der Waals surface area contributed by atoms with Gasteiger partial charge in [0.05, 0.1) is 22.9 Å². The van der Waals surface area contributed by atoms with Gasteiger partial charge < -0.3 is 5.11 Å². The Kier molecular flexibility index (Phi) is 2.33. The van der Waals surface area contributed by atoms with E-state index >= 15 is 0 Å². The zero-order valence-corrected chi connectivity index (χ0v) is 9.00. The summed E-state index contributed by atoms with van der Waals surface area (Å²) in [6.07, 6.45) is 4.70. The van der Waals surface area contributed by atoms with Crippen LogP contribution in [-0.2, 0) is 0 Å². The van der Waals surface area contributed by atoms with Crippen LogP contribution in [0.4, 0.5) is 0 Å². The van der Waals surface area contributed by atoms with Gasteiger partial charge in [-0.05, 0) is 30.9 Å². The molecule has 1 N–H and O–H groups in total. The first-order valence-corrected chi connectivity index (χ1v) is 5.74. The normalized spacial score (nSPS) is 18.3. The molecule has 0 spiro atoms. The molecule has 2 aromatic rings. The Bertz CT molecular complexity index is 508. The molecule has 1 saturated carbocycles. The average molecular weight is 214 g/mol. The van der Waals surface area contributed by atoms with Gasteiger partial charge >= 0.3 is 0 Å². The second kappa shape index (κ2) is 3.83. The van der Waals surface area contributed by atoms with E-state index in [1.54, 1.807) is 6.20 Å². The maximum absolute atomic E-state index is 10.1. The summed E-state index contributed by atoms with van der Waals surface area (Å²) in [7, 11) is 0. The highest BCUT2D eigenvalue weighted by atomic mass is 16.3. The number of benzene rings is 1. The van der Waals surface area contributed by atoms with Crippen LogP contribution < -0.4 is 0 Å². The Morgan fingerprint density at radius 1 is 1.19 bits per heavy atom. The topological polar surface area (TPSA) is 46.0 Å². The molecular formula is C13H14N2O. The van der Waals surface area contributed by atoms with E-state index in [1.165, 1.54) is 6.42 Å². The summed E-state index contributed by atoms with van der Waals surface area (Å²) >= 11 is 0. The third-order valence-corrected chi connectivity index (χ3v) is 3.37. The van der Waals surface area contributed by atoms with Gasteiger partial charge in [0.1, 0.15) is 6.10 Å². The molecule has 1 aliphatic carbocycles. The molecule has 0 saturated heterocycles. The molecular weight excluding hydrogens is 200 g/mol. The van der Waals surface area contributed by atoms with E-state index < -0.39 is 6.10 Å². The molecule has 0 radical (unpaired) electrons. The number of aliphatic hydroxyl groups is 1. The molecule has 0 amide bonds. The molecule has 1 aromatic heterocycles. The standard InChI is InChI=1S/C13H14N2O/c16-13(9-4-3-5-9)12-8-14-10-6-1-2-7-11(10)15-12/h1-2,6-9,13,16H,3-5H2. The summed E-state index contributed by atoms with van der Waals surface area (Å²) in [5, 5.41) is 10.1. The molecule has 1 unspecified atom stereocenters. The van der Waals surface area contributed by atoms with Crippen molar-refractivity contribution in [2.75, 3.05) is 0 Å². The highest BCUT2D eigenvalue weighted by Gasteiger charge is 2.27. The van der Waals surface area contributed by atoms with Crippen LogP contribution in [0.25, 0.3) is 11.0 Å². The zero-order valence-electron chi connectivity index (χ0n) is 9.00. The lowest BCUT2D eigenvalue weighted by Gasteiger charge is -2.29. The van der Waals surface area contributed by atoms with Gasteiger partial charge in [0.25, 0.3) is 0 Å². The third kappa shape index (κ3) is 1.57. The van der Waals surface area contributed by atoms with Gasteiger partial charge in [-0.25, -0.2) is 4.98 Å². The van der Waals surface area contributed by atoms with Crippen molar-refractivity contribution in [3.05, 3.63) is 36.2 Å². The second-order valence-corrected chi connectivity index (χ2v) is 4.42. The minimum Gasteiger partial charge on any atom is -0.386 e. The number of aliphatic hydroxyl groups excluding tert-OH is 1. The maximum atomic E-state index is 10.1. The Labute approximate surface area is 94.2 Å². The fraction of sp³-hybridized carbons (Fsp3) is 0.385. The summed E-state index contributed by atoms with van der Waals surface area (Å²) in [4.78, 5) is 8.79. The van der Waals surface area contributed by atoms with Crippen LogP contribution in [0.1, 0.15) is 31.1 Å². The average Bonchev–Trinajstić information content (AvgIpc) is 2.26. The monoisotopic (exact) mass is 214 g/mol. The van der Waals surface area contributed by atoms with Gasteiger partial charge in [0, 0.05) is 0 Å². The molecule has 16 heavy (non-hydrogen) atoms. The number of para-hydroxylation sites is 2. The number of fused-ring (bicyclic) bond motifs is 1. The molecule has 0 bridgehead atoms. The lowest BCUT2D eigenvalue weighted by atomic mass is 9.80. The van der Waals surface area contributed by atoms with Crippen molar-refractivity contribution in [3.63, 3.8) is 0 Å². The van der Waals surface area contributed by atoms with Gasteiger partial charge in [-0.1, -0.05) is 18.6 Å². The smallest absolute Gasteiger partial charge is 0.100 e. The van der Waals surface area contributed by atoms with Gasteiger partial charge in [0.15, 0.2) is 0 Å². The number of hydrogen-bond acceptors (Lipinski definition) is 3. The highest BCUT2D eigenvalue weighted by molar-refractivity contribution is 5.73. The number of aromatic nitrogens is 2. The van der Waals surface area contributed by atoms with Crippen LogP contribution in [0.15, 0.2) is 30.5 Å². The molecule has 1 aliphatic rings. The van der Waals surface area contributed by atoms with Crippen LogP contribution >= 0.6 is 0 Å². The van der Waals surface area contributed by atoms with Crippen molar-refractivity contribution in [3.8, 4) is 0 Å². The third-order valence-electron chi connectivity index (χ3n) is 3.37. The quantitative estimate of drug-likeness (QED) is 0.835.